The Hall–Kier alpha value is -2.04. The van der Waals surface area contributed by atoms with E-state index in [1.807, 2.05) is 38.1 Å². The molecular weight excluding hydrogens is 280 g/mol. The van der Waals surface area contributed by atoms with Crippen molar-refractivity contribution in [3.63, 3.8) is 0 Å². The van der Waals surface area contributed by atoms with E-state index < -0.39 is 0 Å². The molecule has 5 nitrogen and oxygen atoms in total. The smallest absolute Gasteiger partial charge is 0.221 e. The molecule has 122 valence electrons. The Morgan fingerprint density at radius 2 is 1.95 bits per heavy atom. The monoisotopic (exact) mass is 306 g/mol. The minimum Gasteiger partial charge on any atom is -0.496 e. The highest BCUT2D eigenvalue weighted by molar-refractivity contribution is 5.78. The van der Waals surface area contributed by atoms with Crippen molar-refractivity contribution in [2.45, 2.75) is 33.7 Å². The predicted molar refractivity (Wildman–Crippen MR) is 86.5 cm³/mol. The highest BCUT2D eigenvalue weighted by Gasteiger charge is 2.14. The van der Waals surface area contributed by atoms with Gasteiger partial charge in [-0.25, -0.2) is 0 Å². The average Bonchev–Trinajstić information content (AvgIpc) is 2.49. The van der Waals surface area contributed by atoms with Crippen molar-refractivity contribution in [3.8, 4) is 5.75 Å². The average molecular weight is 306 g/mol. The highest BCUT2D eigenvalue weighted by Crippen LogP contribution is 2.19. The quantitative estimate of drug-likeness (QED) is 0.801. The van der Waals surface area contributed by atoms with Gasteiger partial charge in [0.2, 0.25) is 11.8 Å². The Kier molecular flexibility index (Phi) is 7.43. The highest BCUT2D eigenvalue weighted by atomic mass is 16.5. The minimum atomic E-state index is -0.0532. The fourth-order valence-corrected chi connectivity index (χ4v) is 2.03. The molecule has 2 amide bonds. The molecule has 0 bridgehead atoms. The number of amides is 2. The maximum atomic E-state index is 11.8. The van der Waals surface area contributed by atoms with Gasteiger partial charge in [-0.2, -0.15) is 0 Å². The maximum Gasteiger partial charge on any atom is 0.221 e. The summed E-state index contributed by atoms with van der Waals surface area (Å²) in [7, 11) is 1.61. The number of carbonyl (C=O) groups excluding carboxylic acids is 2. The number of benzene rings is 1. The van der Waals surface area contributed by atoms with Gasteiger partial charge < -0.3 is 15.0 Å². The summed E-state index contributed by atoms with van der Waals surface area (Å²) < 4.78 is 5.30. The first-order valence-corrected chi connectivity index (χ1v) is 7.58. The predicted octanol–water partition coefficient (Wildman–Crippen LogP) is 2.21. The zero-order valence-corrected chi connectivity index (χ0v) is 13.9. The normalized spacial score (nSPS) is 10.4. The van der Waals surface area contributed by atoms with E-state index in [0.29, 0.717) is 32.0 Å². The van der Waals surface area contributed by atoms with Crippen molar-refractivity contribution in [1.82, 2.24) is 10.2 Å². The molecule has 0 unspecified atom stereocenters. The van der Waals surface area contributed by atoms with Crippen molar-refractivity contribution >= 4 is 11.8 Å². The molecule has 0 fully saturated rings. The first kappa shape index (κ1) is 18.0. The largest absolute Gasteiger partial charge is 0.496 e. The van der Waals surface area contributed by atoms with Crippen LogP contribution in [0, 0.1) is 5.92 Å². The van der Waals surface area contributed by atoms with Gasteiger partial charge in [0.1, 0.15) is 5.75 Å². The van der Waals surface area contributed by atoms with E-state index in [2.05, 4.69) is 5.32 Å². The number of ether oxygens (including phenoxy) is 1. The molecule has 0 aliphatic carbocycles. The summed E-state index contributed by atoms with van der Waals surface area (Å²) >= 11 is 0. The van der Waals surface area contributed by atoms with E-state index in [1.165, 1.54) is 6.92 Å². The van der Waals surface area contributed by atoms with Gasteiger partial charge in [0.05, 0.1) is 7.11 Å². The second kappa shape index (κ2) is 9.07. The van der Waals surface area contributed by atoms with Gasteiger partial charge in [0.25, 0.3) is 0 Å². The van der Waals surface area contributed by atoms with Gasteiger partial charge in [-0.3, -0.25) is 9.59 Å². The van der Waals surface area contributed by atoms with Gasteiger partial charge >= 0.3 is 0 Å². The maximum absolute atomic E-state index is 11.8. The summed E-state index contributed by atoms with van der Waals surface area (Å²) in [6, 6.07) is 7.59. The van der Waals surface area contributed by atoms with Crippen molar-refractivity contribution in [1.29, 1.82) is 0 Å². The fourth-order valence-electron chi connectivity index (χ4n) is 2.03. The van der Waals surface area contributed by atoms with E-state index >= 15 is 0 Å². The Balaban J connectivity index is 2.59. The molecule has 0 saturated heterocycles. The number of nitrogens with zero attached hydrogens (tertiary/aromatic N) is 1. The molecule has 0 radical (unpaired) electrons. The number of hydrogen-bond acceptors (Lipinski definition) is 3. The molecule has 22 heavy (non-hydrogen) atoms. The van der Waals surface area contributed by atoms with E-state index in [1.54, 1.807) is 12.0 Å². The molecule has 0 atom stereocenters. The lowest BCUT2D eigenvalue weighted by Crippen LogP contribution is -2.34. The van der Waals surface area contributed by atoms with Crippen molar-refractivity contribution < 1.29 is 14.3 Å². The lowest BCUT2D eigenvalue weighted by molar-refractivity contribution is -0.130. The Morgan fingerprint density at radius 1 is 1.27 bits per heavy atom. The minimum absolute atomic E-state index is 0.0278. The topological polar surface area (TPSA) is 58.6 Å². The van der Waals surface area contributed by atoms with Crippen LogP contribution in [0.4, 0.5) is 0 Å². The second-order valence-corrected chi connectivity index (χ2v) is 5.70. The van der Waals surface area contributed by atoms with E-state index in [4.69, 9.17) is 4.74 Å². The van der Waals surface area contributed by atoms with Crippen LogP contribution in [0.5, 0.6) is 5.75 Å². The van der Waals surface area contributed by atoms with Gasteiger partial charge in [-0.05, 0) is 12.0 Å². The second-order valence-electron chi connectivity index (χ2n) is 5.70. The summed E-state index contributed by atoms with van der Waals surface area (Å²) in [5, 5.41) is 2.86. The van der Waals surface area contributed by atoms with Gasteiger partial charge in [-0.15, -0.1) is 0 Å². The fraction of sp³-hybridized carbons (Fsp3) is 0.529. The summed E-state index contributed by atoms with van der Waals surface area (Å²) in [5.74, 6) is 1.09. The third-order valence-electron chi connectivity index (χ3n) is 3.32. The standard InChI is InChI=1S/C17H26N2O3/c1-13(2)11-18-17(21)9-10-19(14(3)20)12-15-7-5-6-8-16(15)22-4/h5-8,13H,9-12H2,1-4H3,(H,18,21). The molecule has 1 rings (SSSR count). The Bertz CT molecular complexity index is 500. The number of para-hydroxylation sites is 1. The molecular formula is C17H26N2O3. The van der Waals surface area contributed by atoms with Crippen LogP contribution in [-0.2, 0) is 16.1 Å². The van der Waals surface area contributed by atoms with Crippen LogP contribution in [0.25, 0.3) is 0 Å². The van der Waals surface area contributed by atoms with Crippen LogP contribution in [0.1, 0.15) is 32.8 Å². The van der Waals surface area contributed by atoms with Crippen LogP contribution < -0.4 is 10.1 Å². The van der Waals surface area contributed by atoms with E-state index in [-0.39, 0.29) is 11.8 Å². The summed E-state index contributed by atoms with van der Waals surface area (Å²) in [5.41, 5.74) is 0.933. The first-order chi connectivity index (χ1) is 10.4. The Labute approximate surface area is 132 Å². The molecule has 0 heterocycles. The molecule has 1 aromatic carbocycles. The summed E-state index contributed by atoms with van der Waals surface area (Å²) in [6.45, 7) is 7.11. The van der Waals surface area contributed by atoms with Crippen LogP contribution in [0.15, 0.2) is 24.3 Å². The molecule has 0 saturated carbocycles. The number of methoxy groups -OCH3 is 1. The first-order valence-electron chi connectivity index (χ1n) is 7.58. The van der Waals surface area contributed by atoms with Gasteiger partial charge in [0.15, 0.2) is 0 Å². The lowest BCUT2D eigenvalue weighted by atomic mass is 10.1. The number of nitrogens with one attached hydrogen (secondary N) is 1. The van der Waals surface area contributed by atoms with Crippen molar-refractivity contribution in [2.24, 2.45) is 5.92 Å². The van der Waals surface area contributed by atoms with E-state index in [9.17, 15) is 9.59 Å². The summed E-state index contributed by atoms with van der Waals surface area (Å²) in [6.07, 6.45) is 0.307. The van der Waals surface area contributed by atoms with Crippen molar-refractivity contribution in [2.75, 3.05) is 20.2 Å². The third-order valence-corrected chi connectivity index (χ3v) is 3.32. The molecule has 1 aromatic rings. The molecule has 0 aromatic heterocycles. The van der Waals surface area contributed by atoms with Crippen LogP contribution >= 0.6 is 0 Å². The SMILES string of the molecule is COc1ccccc1CN(CCC(=O)NCC(C)C)C(C)=O. The van der Waals surface area contributed by atoms with Gasteiger partial charge in [0, 0.05) is 38.5 Å². The zero-order valence-electron chi connectivity index (χ0n) is 13.9. The van der Waals surface area contributed by atoms with Crippen molar-refractivity contribution in [3.05, 3.63) is 29.8 Å². The molecule has 0 spiro atoms. The number of rotatable bonds is 8. The zero-order chi connectivity index (χ0) is 16.5. The van der Waals surface area contributed by atoms with Crippen LogP contribution in [-0.4, -0.2) is 36.9 Å². The Morgan fingerprint density at radius 3 is 2.55 bits per heavy atom. The third kappa shape index (κ3) is 6.16. The van der Waals surface area contributed by atoms with Crippen LogP contribution in [0.2, 0.25) is 0 Å². The number of hydrogen-bond donors (Lipinski definition) is 1. The molecule has 5 heteroatoms. The van der Waals surface area contributed by atoms with Crippen LogP contribution in [0.3, 0.4) is 0 Å². The molecule has 0 aliphatic heterocycles. The van der Waals surface area contributed by atoms with Gasteiger partial charge in [-0.1, -0.05) is 32.0 Å². The lowest BCUT2D eigenvalue weighted by Gasteiger charge is -2.22. The molecule has 0 aliphatic rings. The summed E-state index contributed by atoms with van der Waals surface area (Å²) in [4.78, 5) is 25.2. The molecule has 1 N–H and O–H groups in total. The number of carbonyl (C=O) groups is 2. The van der Waals surface area contributed by atoms with E-state index in [0.717, 1.165) is 11.3 Å².